The van der Waals surface area contributed by atoms with E-state index in [9.17, 15) is 17.6 Å². The van der Waals surface area contributed by atoms with Gasteiger partial charge in [-0.15, -0.1) is 0 Å². The number of methoxy groups -OCH3 is 1. The van der Waals surface area contributed by atoms with Crippen LogP contribution in [-0.2, 0) is 19.4 Å². The van der Waals surface area contributed by atoms with Gasteiger partial charge in [-0.25, -0.2) is 17.6 Å². The second kappa shape index (κ2) is 9.13. The van der Waals surface area contributed by atoms with Crippen LogP contribution in [0.3, 0.4) is 0 Å². The van der Waals surface area contributed by atoms with E-state index in [2.05, 4.69) is 16.6 Å². The van der Waals surface area contributed by atoms with Crippen LogP contribution in [0.4, 0.5) is 4.39 Å². The first-order valence-electron chi connectivity index (χ1n) is 9.30. The van der Waals surface area contributed by atoms with Crippen molar-refractivity contribution in [2.75, 3.05) is 7.11 Å². The van der Waals surface area contributed by atoms with Crippen molar-refractivity contribution >= 4 is 15.8 Å². The molecule has 0 spiro atoms. The molecule has 0 radical (unpaired) electrons. The molecule has 31 heavy (non-hydrogen) atoms. The summed E-state index contributed by atoms with van der Waals surface area (Å²) in [6, 6.07) is 20.5. The van der Waals surface area contributed by atoms with Gasteiger partial charge in [0.05, 0.1) is 18.4 Å². The molecule has 0 heterocycles. The first-order chi connectivity index (χ1) is 14.8. The molecule has 0 aliphatic carbocycles. The summed E-state index contributed by atoms with van der Waals surface area (Å²) in [6.45, 7) is 0. The van der Waals surface area contributed by atoms with Crippen molar-refractivity contribution in [2.45, 2.75) is 16.2 Å². The number of ether oxygens (including phenoxy) is 1. The smallest absolute Gasteiger partial charge is 0.343 e. The third-order valence-electron chi connectivity index (χ3n) is 4.71. The normalized spacial score (nSPS) is 12.9. The number of carbonyl (C=O) groups excluding carboxylic acids is 1. The predicted molar refractivity (Wildman–Crippen MR) is 116 cm³/mol. The average Bonchev–Trinajstić information content (AvgIpc) is 2.79. The molecule has 0 bridgehead atoms. The van der Waals surface area contributed by atoms with E-state index in [0.717, 1.165) is 7.11 Å². The van der Waals surface area contributed by atoms with Crippen LogP contribution in [0.2, 0.25) is 0 Å². The summed E-state index contributed by atoms with van der Waals surface area (Å²) in [7, 11) is -3.26. The van der Waals surface area contributed by atoms with Crippen molar-refractivity contribution in [3.8, 4) is 23.0 Å². The van der Waals surface area contributed by atoms with Crippen molar-refractivity contribution in [1.82, 2.24) is 0 Å². The number of halogens is 1. The molecule has 2 N–H and O–H groups in total. The Bertz CT molecular complexity index is 1230. The lowest BCUT2D eigenvalue weighted by Crippen LogP contribution is -2.55. The van der Waals surface area contributed by atoms with Crippen LogP contribution in [-0.4, -0.2) is 26.4 Å². The summed E-state index contributed by atoms with van der Waals surface area (Å²) in [6.07, 6.45) is -0.448. The van der Waals surface area contributed by atoms with E-state index in [1.165, 1.54) is 24.3 Å². The maximum Gasteiger partial charge on any atom is 0.343 e. The Labute approximate surface area is 180 Å². The minimum Gasteiger partial charge on any atom is -0.467 e. The third kappa shape index (κ3) is 4.66. The molecule has 0 aliphatic heterocycles. The van der Waals surface area contributed by atoms with Gasteiger partial charge in [-0.1, -0.05) is 54.3 Å². The van der Waals surface area contributed by atoms with Gasteiger partial charge in [-0.2, -0.15) is 0 Å². The van der Waals surface area contributed by atoms with Crippen molar-refractivity contribution in [1.29, 1.82) is 0 Å². The average molecular weight is 437 g/mol. The molecule has 5 nitrogen and oxygen atoms in total. The third-order valence-corrected chi connectivity index (χ3v) is 6.87. The minimum absolute atomic E-state index is 0.146. The number of carbonyl (C=O) groups is 1. The summed E-state index contributed by atoms with van der Waals surface area (Å²) in [4.78, 5) is 9.87. The molecule has 0 saturated carbocycles. The molecule has 1 unspecified atom stereocenters. The highest BCUT2D eigenvalue weighted by Gasteiger charge is 2.49. The zero-order valence-corrected chi connectivity index (χ0v) is 17.5. The molecule has 0 saturated heterocycles. The van der Waals surface area contributed by atoms with Gasteiger partial charge in [0.25, 0.3) is 0 Å². The maximum atomic E-state index is 13.2. The Morgan fingerprint density at radius 2 is 1.52 bits per heavy atom. The summed E-state index contributed by atoms with van der Waals surface area (Å²) in [5.74, 6) is 4.02. The van der Waals surface area contributed by atoms with E-state index in [0.29, 0.717) is 16.7 Å². The molecule has 1 atom stereocenters. The molecule has 7 heteroatoms. The van der Waals surface area contributed by atoms with Crippen molar-refractivity contribution in [2.24, 2.45) is 5.73 Å². The van der Waals surface area contributed by atoms with Crippen molar-refractivity contribution < 1.29 is 22.3 Å². The molecule has 158 valence electrons. The zero-order chi connectivity index (χ0) is 22.5. The lowest BCUT2D eigenvalue weighted by Gasteiger charge is -2.24. The monoisotopic (exact) mass is 437 g/mol. The summed E-state index contributed by atoms with van der Waals surface area (Å²) in [5, 5.41) is 0. The molecule has 0 aliphatic rings. The van der Waals surface area contributed by atoms with Crippen LogP contribution in [0.5, 0.6) is 0 Å². The van der Waals surface area contributed by atoms with Crippen LogP contribution in [0.25, 0.3) is 11.1 Å². The fraction of sp³-hybridized carbons (Fsp3) is 0.125. The lowest BCUT2D eigenvalue weighted by atomic mass is 10.1. The number of hydrogen-bond acceptors (Lipinski definition) is 5. The van der Waals surface area contributed by atoms with Gasteiger partial charge in [-0.05, 0) is 47.5 Å². The van der Waals surface area contributed by atoms with Gasteiger partial charge in [0.15, 0.2) is 0 Å². The Morgan fingerprint density at radius 1 is 0.968 bits per heavy atom. The fourth-order valence-corrected chi connectivity index (χ4v) is 4.41. The Balaban J connectivity index is 1.94. The quantitative estimate of drug-likeness (QED) is 0.487. The summed E-state index contributed by atoms with van der Waals surface area (Å²) >= 11 is 0. The first kappa shape index (κ1) is 22.2. The van der Waals surface area contributed by atoms with Gasteiger partial charge in [-0.3, -0.25) is 0 Å². The van der Waals surface area contributed by atoms with Gasteiger partial charge in [0.2, 0.25) is 14.7 Å². The predicted octanol–water partition coefficient (Wildman–Crippen LogP) is 3.54. The Hall–Kier alpha value is -3.47. The Kier molecular flexibility index (Phi) is 6.54. The molecule has 0 amide bonds. The van der Waals surface area contributed by atoms with E-state index in [4.69, 9.17) is 5.73 Å². The number of sulfone groups is 1. The van der Waals surface area contributed by atoms with Crippen LogP contribution in [0.1, 0.15) is 12.0 Å². The second-order valence-electron chi connectivity index (χ2n) is 6.76. The second-order valence-corrected chi connectivity index (χ2v) is 8.97. The van der Waals surface area contributed by atoms with Crippen LogP contribution >= 0.6 is 0 Å². The number of hydrogen-bond donors (Lipinski definition) is 1. The van der Waals surface area contributed by atoms with E-state index in [1.807, 2.05) is 6.07 Å². The number of esters is 1. The molecular weight excluding hydrogens is 417 g/mol. The van der Waals surface area contributed by atoms with Crippen LogP contribution < -0.4 is 5.73 Å². The van der Waals surface area contributed by atoms with Crippen molar-refractivity contribution in [3.63, 3.8) is 0 Å². The number of benzene rings is 3. The molecule has 3 rings (SSSR count). The summed E-state index contributed by atoms with van der Waals surface area (Å²) < 4.78 is 44.3. The lowest BCUT2D eigenvalue weighted by molar-refractivity contribution is -0.143. The van der Waals surface area contributed by atoms with Gasteiger partial charge in [0, 0.05) is 5.56 Å². The topological polar surface area (TPSA) is 86.5 Å². The van der Waals surface area contributed by atoms with Crippen molar-refractivity contribution in [3.05, 3.63) is 90.2 Å². The molecule has 3 aromatic rings. The molecule has 0 fully saturated rings. The van der Waals surface area contributed by atoms with E-state index < -0.39 is 27.1 Å². The molecular formula is C24H20FNO4S. The summed E-state index contributed by atoms with van der Waals surface area (Å²) in [5.41, 5.74) is 8.15. The molecule has 0 aromatic heterocycles. The Morgan fingerprint density at radius 3 is 2.06 bits per heavy atom. The van der Waals surface area contributed by atoms with Crippen LogP contribution in [0, 0.1) is 17.7 Å². The number of nitrogens with two attached hydrogens (primary N) is 1. The van der Waals surface area contributed by atoms with E-state index >= 15 is 0 Å². The van der Waals surface area contributed by atoms with Gasteiger partial charge in [0.1, 0.15) is 5.82 Å². The SMILES string of the molecule is COC(=O)C(N)(CC#Cc1ccccc1)S(=O)(=O)c1ccc(-c2ccc(F)cc2)cc1. The number of rotatable bonds is 5. The highest BCUT2D eigenvalue weighted by atomic mass is 32.2. The molecule has 3 aromatic carbocycles. The van der Waals surface area contributed by atoms with Crippen LogP contribution in [0.15, 0.2) is 83.8 Å². The van der Waals surface area contributed by atoms with Gasteiger partial charge >= 0.3 is 5.97 Å². The fourth-order valence-electron chi connectivity index (χ4n) is 2.93. The van der Waals surface area contributed by atoms with E-state index in [1.54, 1.807) is 48.5 Å². The maximum absolute atomic E-state index is 13.2. The van der Waals surface area contributed by atoms with E-state index in [-0.39, 0.29) is 10.7 Å². The standard InChI is InChI=1S/C24H20FNO4S/c1-30-23(27)24(26,17-5-8-18-6-3-2-4-7-18)31(28,29)22-15-11-20(12-16-22)19-9-13-21(25)14-10-19/h2-4,6-7,9-16H,17,26H2,1H3. The largest absolute Gasteiger partial charge is 0.467 e. The highest BCUT2D eigenvalue weighted by molar-refractivity contribution is 7.93. The van der Waals surface area contributed by atoms with Gasteiger partial charge < -0.3 is 10.5 Å². The highest BCUT2D eigenvalue weighted by Crippen LogP contribution is 2.28. The zero-order valence-electron chi connectivity index (χ0n) is 16.7. The minimum atomic E-state index is -4.33. The first-order valence-corrected chi connectivity index (χ1v) is 10.8.